The first kappa shape index (κ1) is 14.7. The smallest absolute Gasteiger partial charge is 0.163 e. The maximum Gasteiger partial charge on any atom is 0.163 e. The van der Waals surface area contributed by atoms with E-state index in [0.29, 0.717) is 10.8 Å². The molecule has 22 heavy (non-hydrogen) atoms. The molecule has 0 saturated heterocycles. The molecule has 0 aliphatic heterocycles. The van der Waals surface area contributed by atoms with E-state index in [2.05, 4.69) is 10.2 Å². The van der Waals surface area contributed by atoms with Crippen LogP contribution in [0.15, 0.2) is 54.9 Å². The predicted molar refractivity (Wildman–Crippen MR) is 84.8 cm³/mol. The molecule has 3 aromatic rings. The molecule has 5 nitrogen and oxygen atoms in total. The third kappa shape index (κ3) is 2.74. The monoisotopic (exact) mass is 314 g/mol. The van der Waals surface area contributed by atoms with Crippen LogP contribution < -0.4 is 5.73 Å². The molecule has 0 fully saturated rings. The van der Waals surface area contributed by atoms with Crippen molar-refractivity contribution < 1.29 is 5.11 Å². The van der Waals surface area contributed by atoms with Crippen LogP contribution >= 0.6 is 11.6 Å². The fourth-order valence-corrected chi connectivity index (χ4v) is 2.58. The summed E-state index contributed by atoms with van der Waals surface area (Å²) < 4.78 is 1.72. The van der Waals surface area contributed by atoms with Crippen LogP contribution in [-0.2, 0) is 6.61 Å². The molecule has 0 bridgehead atoms. The van der Waals surface area contributed by atoms with Crippen molar-refractivity contribution >= 4 is 11.6 Å². The Morgan fingerprint density at radius 2 is 1.95 bits per heavy atom. The number of nitrogens with two attached hydrogens (primary N) is 1. The summed E-state index contributed by atoms with van der Waals surface area (Å²) in [6.07, 6.45) is 1.55. The highest BCUT2D eigenvalue weighted by molar-refractivity contribution is 6.30. The lowest BCUT2D eigenvalue weighted by molar-refractivity contribution is 0.269. The van der Waals surface area contributed by atoms with Gasteiger partial charge >= 0.3 is 0 Å². The first-order valence-corrected chi connectivity index (χ1v) is 7.18. The van der Waals surface area contributed by atoms with E-state index in [-0.39, 0.29) is 12.6 Å². The van der Waals surface area contributed by atoms with Crippen LogP contribution in [0.25, 0.3) is 5.69 Å². The summed E-state index contributed by atoms with van der Waals surface area (Å²) in [6.45, 7) is -0.206. The largest absolute Gasteiger partial charge is 0.388 e. The highest BCUT2D eigenvalue weighted by Gasteiger charge is 2.17. The van der Waals surface area contributed by atoms with Crippen LogP contribution in [0.2, 0.25) is 5.02 Å². The summed E-state index contributed by atoms with van der Waals surface area (Å²) >= 11 is 6.14. The van der Waals surface area contributed by atoms with Gasteiger partial charge in [-0.25, -0.2) is 0 Å². The van der Waals surface area contributed by atoms with Crippen LogP contribution in [0.5, 0.6) is 0 Å². The second-order valence-corrected chi connectivity index (χ2v) is 5.30. The van der Waals surface area contributed by atoms with Gasteiger partial charge < -0.3 is 10.8 Å². The summed E-state index contributed by atoms with van der Waals surface area (Å²) in [4.78, 5) is 0. The van der Waals surface area contributed by atoms with Gasteiger partial charge in [-0.05, 0) is 29.3 Å². The zero-order valence-corrected chi connectivity index (χ0v) is 12.5. The van der Waals surface area contributed by atoms with Crippen molar-refractivity contribution in [3.63, 3.8) is 0 Å². The predicted octanol–water partition coefficient (Wildman–Crippen LogP) is 2.46. The molecule has 0 radical (unpaired) electrons. The summed E-state index contributed by atoms with van der Waals surface area (Å²) in [5, 5.41) is 17.7. The number of aromatic nitrogens is 3. The molecule has 1 heterocycles. The first-order valence-electron chi connectivity index (χ1n) is 6.81. The molecule has 1 unspecified atom stereocenters. The van der Waals surface area contributed by atoms with Crippen molar-refractivity contribution in [2.75, 3.05) is 0 Å². The van der Waals surface area contributed by atoms with Crippen molar-refractivity contribution in [1.29, 1.82) is 0 Å². The molecule has 3 N–H and O–H groups in total. The average Bonchev–Trinajstić information content (AvgIpc) is 3.03. The fourth-order valence-electron chi connectivity index (χ4n) is 2.40. The lowest BCUT2D eigenvalue weighted by atomic mass is 9.98. The minimum atomic E-state index is -0.344. The van der Waals surface area contributed by atoms with E-state index in [0.717, 1.165) is 16.8 Å². The van der Waals surface area contributed by atoms with Crippen LogP contribution in [-0.4, -0.2) is 19.9 Å². The lowest BCUT2D eigenvalue weighted by Crippen LogP contribution is -2.15. The lowest BCUT2D eigenvalue weighted by Gasteiger charge is -2.18. The molecule has 1 atom stereocenters. The molecule has 112 valence electrons. The molecule has 1 aromatic heterocycles. The van der Waals surface area contributed by atoms with E-state index in [1.165, 1.54) is 0 Å². The number of halogens is 1. The van der Waals surface area contributed by atoms with E-state index >= 15 is 0 Å². The van der Waals surface area contributed by atoms with Gasteiger partial charge in [0.25, 0.3) is 0 Å². The van der Waals surface area contributed by atoms with Gasteiger partial charge in [-0.3, -0.25) is 4.57 Å². The van der Waals surface area contributed by atoms with Crippen molar-refractivity contribution in [3.05, 3.63) is 76.8 Å². The Bertz CT molecular complexity index is 773. The number of aliphatic hydroxyl groups is 1. The minimum Gasteiger partial charge on any atom is -0.388 e. The topological polar surface area (TPSA) is 77.0 Å². The number of aliphatic hydroxyl groups excluding tert-OH is 1. The molecule has 2 aromatic carbocycles. The number of nitrogens with zero attached hydrogens (tertiary/aromatic N) is 3. The Balaban J connectivity index is 2.13. The van der Waals surface area contributed by atoms with Crippen LogP contribution in [0.1, 0.15) is 23.0 Å². The quantitative estimate of drug-likeness (QED) is 0.775. The Labute approximate surface area is 133 Å². The second-order valence-electron chi connectivity index (χ2n) is 4.87. The van der Waals surface area contributed by atoms with E-state index in [4.69, 9.17) is 17.3 Å². The molecule has 0 amide bonds. The van der Waals surface area contributed by atoms with Crippen LogP contribution in [0.3, 0.4) is 0 Å². The van der Waals surface area contributed by atoms with Gasteiger partial charge in [0, 0.05) is 5.02 Å². The number of hydrogen-bond acceptors (Lipinski definition) is 4. The van der Waals surface area contributed by atoms with E-state index < -0.39 is 0 Å². The Morgan fingerprint density at radius 3 is 2.68 bits per heavy atom. The van der Waals surface area contributed by atoms with Gasteiger partial charge in [0.1, 0.15) is 12.9 Å². The number of rotatable bonds is 4. The van der Waals surface area contributed by atoms with Gasteiger partial charge in [0.2, 0.25) is 0 Å². The van der Waals surface area contributed by atoms with Gasteiger partial charge in [-0.15, -0.1) is 10.2 Å². The highest BCUT2D eigenvalue weighted by Crippen LogP contribution is 2.28. The van der Waals surface area contributed by atoms with Gasteiger partial charge in [0.05, 0.1) is 11.7 Å². The standard InChI is InChI=1S/C16H15ClN4O/c17-12-6-7-14(21-10-19-20-15(21)9-22)13(8-12)16(18)11-4-2-1-3-5-11/h1-8,10,16,22H,9,18H2. The third-order valence-corrected chi connectivity index (χ3v) is 3.74. The van der Waals surface area contributed by atoms with Crippen LogP contribution in [0.4, 0.5) is 0 Å². The van der Waals surface area contributed by atoms with Gasteiger partial charge in [-0.1, -0.05) is 41.9 Å². The summed E-state index contributed by atoms with van der Waals surface area (Å²) in [7, 11) is 0. The molecular weight excluding hydrogens is 300 g/mol. The van der Waals surface area contributed by atoms with Crippen molar-refractivity contribution in [2.45, 2.75) is 12.6 Å². The van der Waals surface area contributed by atoms with E-state index in [9.17, 15) is 5.11 Å². The van der Waals surface area contributed by atoms with Crippen LogP contribution in [0, 0.1) is 0 Å². The van der Waals surface area contributed by atoms with E-state index in [1.807, 2.05) is 42.5 Å². The van der Waals surface area contributed by atoms with Crippen molar-refractivity contribution in [3.8, 4) is 5.69 Å². The van der Waals surface area contributed by atoms with Crippen molar-refractivity contribution in [2.24, 2.45) is 5.73 Å². The molecule has 3 rings (SSSR count). The number of benzene rings is 2. The first-order chi connectivity index (χ1) is 10.7. The summed E-state index contributed by atoms with van der Waals surface area (Å²) in [6, 6.07) is 14.9. The maximum absolute atomic E-state index is 9.39. The zero-order chi connectivity index (χ0) is 15.5. The minimum absolute atomic E-state index is 0.206. The zero-order valence-electron chi connectivity index (χ0n) is 11.7. The molecule has 0 spiro atoms. The number of hydrogen-bond donors (Lipinski definition) is 2. The Morgan fingerprint density at radius 1 is 1.18 bits per heavy atom. The molecule has 0 aliphatic carbocycles. The highest BCUT2D eigenvalue weighted by atomic mass is 35.5. The SMILES string of the molecule is NC(c1ccccc1)c1cc(Cl)ccc1-n1cnnc1CO. The fraction of sp³-hybridized carbons (Fsp3) is 0.125. The summed E-state index contributed by atoms with van der Waals surface area (Å²) in [5.41, 5.74) is 9.03. The summed E-state index contributed by atoms with van der Waals surface area (Å²) in [5.74, 6) is 0.448. The van der Waals surface area contributed by atoms with Crippen molar-refractivity contribution in [1.82, 2.24) is 14.8 Å². The van der Waals surface area contributed by atoms with Gasteiger partial charge in [-0.2, -0.15) is 0 Å². The molecular formula is C16H15ClN4O. The Hall–Kier alpha value is -2.21. The van der Waals surface area contributed by atoms with E-state index in [1.54, 1.807) is 17.0 Å². The van der Waals surface area contributed by atoms with Gasteiger partial charge in [0.15, 0.2) is 5.82 Å². The third-order valence-electron chi connectivity index (χ3n) is 3.50. The second kappa shape index (κ2) is 6.27. The molecule has 6 heteroatoms. The normalized spacial score (nSPS) is 12.3. The molecule has 0 saturated carbocycles. The average molecular weight is 315 g/mol. The Kier molecular flexibility index (Phi) is 4.20. The maximum atomic E-state index is 9.39. The molecule has 0 aliphatic rings.